The van der Waals surface area contributed by atoms with E-state index in [2.05, 4.69) is 10.6 Å². The molecule has 4 N–H and O–H groups in total. The van der Waals surface area contributed by atoms with Crippen LogP contribution < -0.4 is 10.6 Å². The second-order valence-electron chi connectivity index (χ2n) is 4.76. The molecule has 0 aromatic carbocycles. The fourth-order valence-corrected chi connectivity index (χ4v) is 2.30. The van der Waals surface area contributed by atoms with Crippen LogP contribution in [0.1, 0.15) is 18.7 Å². The Morgan fingerprint density at radius 1 is 1.47 bits per heavy atom. The van der Waals surface area contributed by atoms with Gasteiger partial charge < -0.3 is 20.8 Å². The number of aliphatic hydroxyl groups excluding tert-OH is 1. The molecule has 0 radical (unpaired) electrons. The number of hydrogen-bond acceptors (Lipinski definition) is 4. The number of carboxylic acids is 1. The van der Waals surface area contributed by atoms with Gasteiger partial charge in [-0.2, -0.15) is 0 Å². The zero-order chi connectivity index (χ0) is 14.5. The number of aliphatic carboxylic acids is 1. The summed E-state index contributed by atoms with van der Waals surface area (Å²) in [6.07, 6.45) is 0. The smallest absolute Gasteiger partial charge is 0.328 e. The number of thiophene rings is 1. The molecule has 1 heterocycles. The third-order valence-electron chi connectivity index (χ3n) is 2.67. The molecule has 0 bridgehead atoms. The van der Waals surface area contributed by atoms with E-state index >= 15 is 0 Å². The van der Waals surface area contributed by atoms with Crippen LogP contribution in [-0.2, 0) is 10.2 Å². The molecule has 2 amide bonds. The Labute approximate surface area is 115 Å². The van der Waals surface area contributed by atoms with E-state index in [9.17, 15) is 9.59 Å². The fourth-order valence-electron chi connectivity index (χ4n) is 1.45. The number of carbonyl (C=O) groups excluding carboxylic acids is 1. The lowest BCUT2D eigenvalue weighted by atomic mass is 9.91. The van der Waals surface area contributed by atoms with Crippen LogP contribution in [0.4, 0.5) is 4.79 Å². The predicted octanol–water partition coefficient (Wildman–Crippen LogP) is 0.770. The number of hydrogen-bond donors (Lipinski definition) is 4. The zero-order valence-corrected chi connectivity index (χ0v) is 11.7. The van der Waals surface area contributed by atoms with Crippen molar-refractivity contribution in [3.05, 3.63) is 22.4 Å². The van der Waals surface area contributed by atoms with E-state index in [4.69, 9.17) is 10.2 Å². The molecule has 0 spiro atoms. The molecule has 19 heavy (non-hydrogen) atoms. The van der Waals surface area contributed by atoms with Gasteiger partial charge in [0, 0.05) is 16.8 Å². The van der Waals surface area contributed by atoms with E-state index in [1.54, 1.807) is 11.3 Å². The molecular formula is C12H18N2O4S. The van der Waals surface area contributed by atoms with Crippen molar-refractivity contribution < 1.29 is 19.8 Å². The van der Waals surface area contributed by atoms with Crippen LogP contribution >= 0.6 is 11.3 Å². The summed E-state index contributed by atoms with van der Waals surface area (Å²) in [5.41, 5.74) is -0.233. The van der Waals surface area contributed by atoms with Crippen LogP contribution in [0.25, 0.3) is 0 Å². The zero-order valence-electron chi connectivity index (χ0n) is 10.8. The van der Waals surface area contributed by atoms with E-state index in [1.807, 2.05) is 31.4 Å². The first kappa shape index (κ1) is 15.5. The number of urea groups is 1. The Kier molecular flexibility index (Phi) is 5.31. The topological polar surface area (TPSA) is 98.7 Å². The number of aliphatic hydroxyl groups is 1. The van der Waals surface area contributed by atoms with Gasteiger partial charge in [0.05, 0.1) is 6.61 Å². The van der Waals surface area contributed by atoms with Crippen molar-refractivity contribution in [3.8, 4) is 0 Å². The van der Waals surface area contributed by atoms with E-state index in [1.165, 1.54) is 0 Å². The quantitative estimate of drug-likeness (QED) is 0.621. The maximum absolute atomic E-state index is 11.5. The Hall–Kier alpha value is -1.60. The van der Waals surface area contributed by atoms with Gasteiger partial charge >= 0.3 is 12.0 Å². The number of rotatable bonds is 6. The number of amides is 2. The normalized spacial score (nSPS) is 12.8. The number of nitrogens with one attached hydrogen (secondary N) is 2. The molecule has 0 saturated heterocycles. The van der Waals surface area contributed by atoms with Gasteiger partial charge in [-0.1, -0.05) is 19.9 Å². The number of carbonyl (C=O) groups is 2. The van der Waals surface area contributed by atoms with Crippen molar-refractivity contribution in [3.63, 3.8) is 0 Å². The van der Waals surface area contributed by atoms with Crippen LogP contribution in [0, 0.1) is 0 Å². The van der Waals surface area contributed by atoms with Gasteiger partial charge in [0.2, 0.25) is 0 Å². The van der Waals surface area contributed by atoms with Crippen LogP contribution in [0.3, 0.4) is 0 Å². The maximum atomic E-state index is 11.5. The maximum Gasteiger partial charge on any atom is 0.328 e. The first-order valence-corrected chi connectivity index (χ1v) is 6.67. The molecule has 106 valence electrons. The van der Waals surface area contributed by atoms with Gasteiger partial charge in [-0.25, -0.2) is 9.59 Å². The molecule has 7 heteroatoms. The predicted molar refractivity (Wildman–Crippen MR) is 72.4 cm³/mol. The molecule has 0 fully saturated rings. The van der Waals surface area contributed by atoms with Gasteiger partial charge in [-0.05, 0) is 11.4 Å². The average molecular weight is 286 g/mol. The van der Waals surface area contributed by atoms with Crippen LogP contribution in [-0.4, -0.2) is 41.4 Å². The minimum Gasteiger partial charge on any atom is -0.480 e. The Morgan fingerprint density at radius 3 is 2.63 bits per heavy atom. The van der Waals surface area contributed by atoms with Crippen molar-refractivity contribution in [2.75, 3.05) is 13.2 Å². The summed E-state index contributed by atoms with van der Waals surface area (Å²) in [5.74, 6) is -1.27. The second-order valence-corrected chi connectivity index (χ2v) is 5.71. The summed E-state index contributed by atoms with van der Waals surface area (Å²) < 4.78 is 0. The molecule has 0 saturated carbocycles. The highest BCUT2D eigenvalue weighted by atomic mass is 32.1. The van der Waals surface area contributed by atoms with E-state index in [0.717, 1.165) is 4.88 Å². The average Bonchev–Trinajstić information content (AvgIpc) is 2.87. The second kappa shape index (κ2) is 6.53. The van der Waals surface area contributed by atoms with Crippen LogP contribution in [0.15, 0.2) is 17.5 Å². The summed E-state index contributed by atoms with van der Waals surface area (Å²) in [5, 5.41) is 24.3. The van der Waals surface area contributed by atoms with Gasteiger partial charge in [0.1, 0.15) is 0 Å². The Morgan fingerprint density at radius 2 is 2.16 bits per heavy atom. The largest absolute Gasteiger partial charge is 0.480 e. The monoisotopic (exact) mass is 286 g/mol. The lowest BCUT2D eigenvalue weighted by Crippen LogP contribution is -2.50. The van der Waals surface area contributed by atoms with E-state index < -0.39 is 24.6 Å². The van der Waals surface area contributed by atoms with Gasteiger partial charge in [0.25, 0.3) is 0 Å². The molecular weight excluding hydrogens is 268 g/mol. The SMILES string of the molecule is CC(C)(CNC(=O)N[C@@H](CO)C(=O)O)c1cccs1. The van der Waals surface area contributed by atoms with Crippen LogP contribution in [0.5, 0.6) is 0 Å². The molecule has 0 aliphatic rings. The molecule has 0 aliphatic carbocycles. The van der Waals surface area contributed by atoms with Crippen LogP contribution in [0.2, 0.25) is 0 Å². The molecule has 1 atom stereocenters. The Bertz CT molecular complexity index is 431. The molecule has 0 aliphatic heterocycles. The van der Waals surface area contributed by atoms with E-state index in [0.29, 0.717) is 6.54 Å². The summed E-state index contributed by atoms with van der Waals surface area (Å²) >= 11 is 1.60. The molecule has 1 aromatic rings. The molecule has 1 aromatic heterocycles. The molecule has 0 unspecified atom stereocenters. The summed E-state index contributed by atoms with van der Waals surface area (Å²) in [4.78, 5) is 23.3. The highest BCUT2D eigenvalue weighted by molar-refractivity contribution is 7.10. The van der Waals surface area contributed by atoms with Gasteiger partial charge in [-0.3, -0.25) is 0 Å². The molecule has 1 rings (SSSR count). The summed E-state index contributed by atoms with van der Waals surface area (Å²) in [7, 11) is 0. The van der Waals surface area contributed by atoms with Crippen molar-refractivity contribution in [2.24, 2.45) is 0 Å². The minimum atomic E-state index is -1.29. The lowest BCUT2D eigenvalue weighted by molar-refractivity contribution is -0.140. The Balaban J connectivity index is 2.48. The van der Waals surface area contributed by atoms with Crippen molar-refractivity contribution in [1.82, 2.24) is 10.6 Å². The third kappa shape index (κ3) is 4.53. The highest BCUT2D eigenvalue weighted by Gasteiger charge is 2.24. The van der Waals surface area contributed by atoms with Gasteiger partial charge in [-0.15, -0.1) is 11.3 Å². The first-order chi connectivity index (χ1) is 8.86. The highest BCUT2D eigenvalue weighted by Crippen LogP contribution is 2.26. The fraction of sp³-hybridized carbons (Fsp3) is 0.500. The lowest BCUT2D eigenvalue weighted by Gasteiger charge is -2.24. The summed E-state index contributed by atoms with van der Waals surface area (Å²) in [6.45, 7) is 3.70. The first-order valence-electron chi connectivity index (χ1n) is 5.79. The number of carboxylic acid groups (broad SMARTS) is 1. The van der Waals surface area contributed by atoms with E-state index in [-0.39, 0.29) is 5.41 Å². The van der Waals surface area contributed by atoms with Gasteiger partial charge in [0.15, 0.2) is 6.04 Å². The minimum absolute atomic E-state index is 0.233. The third-order valence-corrected chi connectivity index (χ3v) is 3.90. The standard InChI is InChI=1S/C12H18N2O4S/c1-12(2,9-4-3-5-19-9)7-13-11(18)14-8(6-15)10(16)17/h3-5,8,15H,6-7H2,1-2H3,(H,16,17)(H2,13,14,18)/t8-/m0/s1. The van der Waals surface area contributed by atoms with Crippen molar-refractivity contribution in [2.45, 2.75) is 25.3 Å². The van der Waals surface area contributed by atoms with Crippen molar-refractivity contribution >= 4 is 23.3 Å². The molecule has 6 nitrogen and oxygen atoms in total. The summed E-state index contributed by atoms with van der Waals surface area (Å²) in [6, 6.07) is 2.03. The van der Waals surface area contributed by atoms with Crippen molar-refractivity contribution in [1.29, 1.82) is 0 Å².